The van der Waals surface area contributed by atoms with E-state index < -0.39 is 0 Å². The van der Waals surface area contributed by atoms with Crippen molar-refractivity contribution in [2.45, 2.75) is 32.8 Å². The van der Waals surface area contributed by atoms with Crippen LogP contribution in [0.4, 0.5) is 11.5 Å². The van der Waals surface area contributed by atoms with Gasteiger partial charge >= 0.3 is 0 Å². The van der Waals surface area contributed by atoms with E-state index in [1.807, 2.05) is 24.3 Å². The van der Waals surface area contributed by atoms with Crippen molar-refractivity contribution in [2.24, 2.45) is 0 Å². The zero-order valence-electron chi connectivity index (χ0n) is 17.8. The maximum absolute atomic E-state index is 6.30. The molecule has 0 fully saturated rings. The smallest absolute Gasteiger partial charge is 0.165 e. The molecule has 0 aliphatic rings. The molecule has 158 valence electrons. The van der Waals surface area contributed by atoms with E-state index in [4.69, 9.17) is 16.3 Å². The molecular formula is C23H23ClN6O. The standard InChI is InChI=1S/C23H23ClN6O/c1-23(2,3)18-10-7-14(12-26-18)27-21-15-8-9-17(20-16(24)6-5-11-25-20)28-22(15)30-19(29-21)13-31-4/h5-12H,13H2,1-4H3,(H,27,28,29,30). The number of anilines is 2. The summed E-state index contributed by atoms with van der Waals surface area (Å²) in [6.07, 6.45) is 3.49. The van der Waals surface area contributed by atoms with Gasteiger partial charge in [0.15, 0.2) is 11.5 Å². The molecule has 4 aromatic rings. The molecule has 0 aromatic carbocycles. The molecule has 8 heteroatoms. The number of aromatic nitrogens is 5. The molecule has 4 rings (SSSR count). The molecule has 0 saturated carbocycles. The zero-order chi connectivity index (χ0) is 22.0. The number of fused-ring (bicyclic) bond motifs is 1. The highest BCUT2D eigenvalue weighted by atomic mass is 35.5. The number of ether oxygens (including phenoxy) is 1. The third-order valence-electron chi connectivity index (χ3n) is 4.68. The average Bonchev–Trinajstić information content (AvgIpc) is 2.74. The highest BCUT2D eigenvalue weighted by molar-refractivity contribution is 6.32. The molecule has 0 atom stereocenters. The van der Waals surface area contributed by atoms with E-state index in [0.717, 1.165) is 16.8 Å². The van der Waals surface area contributed by atoms with Gasteiger partial charge in [0.2, 0.25) is 0 Å². The number of halogens is 1. The lowest BCUT2D eigenvalue weighted by atomic mass is 9.92. The van der Waals surface area contributed by atoms with Crippen LogP contribution in [-0.4, -0.2) is 32.0 Å². The van der Waals surface area contributed by atoms with E-state index in [-0.39, 0.29) is 12.0 Å². The van der Waals surface area contributed by atoms with Crippen molar-refractivity contribution < 1.29 is 4.74 Å². The van der Waals surface area contributed by atoms with Crippen LogP contribution in [-0.2, 0) is 16.8 Å². The molecule has 0 saturated heterocycles. The first kappa shape index (κ1) is 21.1. The molecule has 31 heavy (non-hydrogen) atoms. The number of hydrogen-bond donors (Lipinski definition) is 1. The average molecular weight is 435 g/mol. The largest absolute Gasteiger partial charge is 0.377 e. The molecule has 0 spiro atoms. The maximum atomic E-state index is 6.30. The molecule has 0 aliphatic heterocycles. The molecule has 0 radical (unpaired) electrons. The van der Waals surface area contributed by atoms with Gasteiger partial charge in [-0.25, -0.2) is 15.0 Å². The Hall–Kier alpha value is -3.16. The summed E-state index contributed by atoms with van der Waals surface area (Å²) in [6, 6.07) is 11.4. The summed E-state index contributed by atoms with van der Waals surface area (Å²) in [6.45, 7) is 6.67. The Balaban J connectivity index is 1.76. The molecule has 7 nitrogen and oxygen atoms in total. The summed E-state index contributed by atoms with van der Waals surface area (Å²) in [4.78, 5) is 22.8. The molecule has 0 bridgehead atoms. The Bertz CT molecular complexity index is 1220. The molecule has 0 unspecified atom stereocenters. The fourth-order valence-corrected chi connectivity index (χ4v) is 3.32. The van der Waals surface area contributed by atoms with Crippen molar-refractivity contribution in [1.29, 1.82) is 0 Å². The number of nitrogens with zero attached hydrogens (tertiary/aromatic N) is 5. The minimum absolute atomic E-state index is 0.0150. The molecule has 4 heterocycles. The van der Waals surface area contributed by atoms with Gasteiger partial charge in [-0.1, -0.05) is 32.4 Å². The van der Waals surface area contributed by atoms with Crippen LogP contribution in [0.25, 0.3) is 22.4 Å². The van der Waals surface area contributed by atoms with Crippen molar-refractivity contribution >= 4 is 34.1 Å². The van der Waals surface area contributed by atoms with Crippen molar-refractivity contribution in [2.75, 3.05) is 12.4 Å². The Morgan fingerprint density at radius 2 is 1.84 bits per heavy atom. The van der Waals surface area contributed by atoms with E-state index in [0.29, 0.717) is 33.7 Å². The fraction of sp³-hybridized carbons (Fsp3) is 0.261. The van der Waals surface area contributed by atoms with Crippen LogP contribution in [0.5, 0.6) is 0 Å². The predicted molar refractivity (Wildman–Crippen MR) is 123 cm³/mol. The van der Waals surface area contributed by atoms with Gasteiger partial charge in [-0.05, 0) is 36.4 Å². The van der Waals surface area contributed by atoms with E-state index in [1.54, 1.807) is 31.6 Å². The lowest BCUT2D eigenvalue weighted by Gasteiger charge is -2.18. The van der Waals surface area contributed by atoms with Crippen LogP contribution in [0, 0.1) is 0 Å². The van der Waals surface area contributed by atoms with Crippen molar-refractivity contribution in [1.82, 2.24) is 24.9 Å². The number of pyridine rings is 3. The monoisotopic (exact) mass is 434 g/mol. The van der Waals surface area contributed by atoms with Gasteiger partial charge in [0, 0.05) is 24.4 Å². The van der Waals surface area contributed by atoms with Gasteiger partial charge in [0.1, 0.15) is 18.1 Å². The van der Waals surface area contributed by atoms with Crippen LogP contribution in [0.15, 0.2) is 48.8 Å². The Labute approximate surface area is 185 Å². The lowest BCUT2D eigenvalue weighted by Crippen LogP contribution is -2.13. The van der Waals surface area contributed by atoms with Gasteiger partial charge in [0.25, 0.3) is 0 Å². The van der Waals surface area contributed by atoms with Gasteiger partial charge in [0.05, 0.1) is 28.0 Å². The van der Waals surface area contributed by atoms with Gasteiger partial charge in [-0.3, -0.25) is 9.97 Å². The van der Waals surface area contributed by atoms with Gasteiger partial charge in [-0.2, -0.15) is 0 Å². The van der Waals surface area contributed by atoms with Crippen LogP contribution in [0.1, 0.15) is 32.3 Å². The zero-order valence-corrected chi connectivity index (χ0v) is 18.6. The molecule has 0 aliphatic carbocycles. The third-order valence-corrected chi connectivity index (χ3v) is 4.98. The first-order valence-electron chi connectivity index (χ1n) is 9.86. The van der Waals surface area contributed by atoms with Gasteiger partial charge in [-0.15, -0.1) is 0 Å². The third kappa shape index (κ3) is 4.62. The van der Waals surface area contributed by atoms with Crippen molar-refractivity contribution in [3.63, 3.8) is 0 Å². The minimum Gasteiger partial charge on any atom is -0.377 e. The van der Waals surface area contributed by atoms with Gasteiger partial charge < -0.3 is 10.1 Å². The maximum Gasteiger partial charge on any atom is 0.165 e. The highest BCUT2D eigenvalue weighted by Gasteiger charge is 2.16. The SMILES string of the molecule is COCc1nc(Nc2ccc(C(C)(C)C)nc2)c2ccc(-c3ncccc3Cl)nc2n1. The van der Waals surface area contributed by atoms with E-state index in [1.165, 1.54) is 0 Å². The second-order valence-electron chi connectivity index (χ2n) is 8.13. The number of hydrogen-bond acceptors (Lipinski definition) is 7. The van der Waals surface area contributed by atoms with Crippen LogP contribution >= 0.6 is 11.6 Å². The number of nitrogens with one attached hydrogen (secondary N) is 1. The summed E-state index contributed by atoms with van der Waals surface area (Å²) in [5.74, 6) is 1.15. The van der Waals surface area contributed by atoms with Crippen molar-refractivity contribution in [3.8, 4) is 11.4 Å². The summed E-state index contributed by atoms with van der Waals surface area (Å²) in [7, 11) is 1.60. The topological polar surface area (TPSA) is 85.7 Å². The molecular weight excluding hydrogens is 412 g/mol. The Morgan fingerprint density at radius 3 is 2.52 bits per heavy atom. The number of methoxy groups -OCH3 is 1. The normalized spacial score (nSPS) is 11.6. The van der Waals surface area contributed by atoms with E-state index in [9.17, 15) is 0 Å². The lowest BCUT2D eigenvalue weighted by molar-refractivity contribution is 0.178. The van der Waals surface area contributed by atoms with Crippen LogP contribution < -0.4 is 5.32 Å². The first-order chi connectivity index (χ1) is 14.8. The summed E-state index contributed by atoms with van der Waals surface area (Å²) < 4.78 is 5.24. The number of rotatable bonds is 5. The second-order valence-corrected chi connectivity index (χ2v) is 8.54. The molecule has 4 aromatic heterocycles. The quantitative estimate of drug-likeness (QED) is 0.454. The highest BCUT2D eigenvalue weighted by Crippen LogP contribution is 2.29. The second kappa shape index (κ2) is 8.53. The fourth-order valence-electron chi connectivity index (χ4n) is 3.10. The van der Waals surface area contributed by atoms with E-state index in [2.05, 4.69) is 51.0 Å². The molecule has 1 N–H and O–H groups in total. The summed E-state index contributed by atoms with van der Waals surface area (Å²) in [5, 5.41) is 4.65. The van der Waals surface area contributed by atoms with E-state index >= 15 is 0 Å². The summed E-state index contributed by atoms with van der Waals surface area (Å²) in [5.41, 5.74) is 3.61. The van der Waals surface area contributed by atoms with Crippen LogP contribution in [0.2, 0.25) is 5.02 Å². The van der Waals surface area contributed by atoms with Crippen molar-refractivity contribution in [3.05, 3.63) is 65.3 Å². The molecule has 0 amide bonds. The summed E-state index contributed by atoms with van der Waals surface area (Å²) >= 11 is 6.30. The Morgan fingerprint density at radius 1 is 1.00 bits per heavy atom. The van der Waals surface area contributed by atoms with Crippen LogP contribution in [0.3, 0.4) is 0 Å². The minimum atomic E-state index is -0.0150. The predicted octanol–water partition coefficient (Wildman–Crippen LogP) is 5.32. The Kier molecular flexibility index (Phi) is 5.80. The first-order valence-corrected chi connectivity index (χ1v) is 10.2.